The van der Waals surface area contributed by atoms with Crippen LogP contribution in [0.4, 0.5) is 17.1 Å². The number of rotatable bonds is 5. The predicted octanol–water partition coefficient (Wildman–Crippen LogP) is 14.6. The van der Waals surface area contributed by atoms with Gasteiger partial charge in [-0.05, 0) is 117 Å². The molecule has 0 aliphatic heterocycles. The lowest BCUT2D eigenvalue weighted by Gasteiger charge is -2.29. The SMILES string of the molecule is CC1C=Cc2c(c3cc(-c4ccccc4)ccc3n2-c2cc3c(c4ccccc24)-c2ccc(N(c4ccccc4)c4cccc5ccccc45)cc2C3(C)C)C1. The highest BCUT2D eigenvalue weighted by molar-refractivity contribution is 6.08. The number of hydrogen-bond acceptors (Lipinski definition) is 1. The normalized spacial score (nSPS) is 15.2. The third-order valence-electron chi connectivity index (χ3n) is 12.5. The van der Waals surface area contributed by atoms with Gasteiger partial charge in [-0.1, -0.05) is 148 Å². The number of benzene rings is 8. The van der Waals surface area contributed by atoms with Gasteiger partial charge in [0.25, 0.3) is 0 Å². The van der Waals surface area contributed by atoms with E-state index in [0.717, 1.165) is 17.8 Å². The molecule has 0 saturated heterocycles. The van der Waals surface area contributed by atoms with Crippen LogP contribution >= 0.6 is 0 Å². The minimum atomic E-state index is -0.242. The number of allylic oxidation sites excluding steroid dienone is 1. The van der Waals surface area contributed by atoms with Crippen molar-refractivity contribution in [2.24, 2.45) is 5.92 Å². The Balaban J connectivity index is 1.12. The Morgan fingerprint density at radius 1 is 0.571 bits per heavy atom. The fourth-order valence-electron chi connectivity index (χ4n) is 9.76. The van der Waals surface area contributed by atoms with Crippen LogP contribution in [0.1, 0.15) is 43.2 Å². The summed E-state index contributed by atoms with van der Waals surface area (Å²) in [5, 5.41) is 6.40. The van der Waals surface area contributed by atoms with Crippen molar-refractivity contribution in [3.05, 3.63) is 198 Å². The monoisotopic (exact) mass is 718 g/mol. The van der Waals surface area contributed by atoms with Gasteiger partial charge in [-0.15, -0.1) is 0 Å². The molecule has 1 aromatic heterocycles. The molecule has 0 radical (unpaired) electrons. The first-order chi connectivity index (χ1) is 27.5. The fourth-order valence-corrected chi connectivity index (χ4v) is 9.76. The highest BCUT2D eigenvalue weighted by Crippen LogP contribution is 2.55. The second-order valence-corrected chi connectivity index (χ2v) is 16.2. The summed E-state index contributed by atoms with van der Waals surface area (Å²) in [7, 11) is 0. The number of nitrogens with zero attached hydrogens (tertiary/aromatic N) is 2. The molecule has 1 unspecified atom stereocenters. The van der Waals surface area contributed by atoms with Crippen molar-refractivity contribution in [2.75, 3.05) is 4.90 Å². The van der Waals surface area contributed by atoms with Gasteiger partial charge in [-0.3, -0.25) is 0 Å². The van der Waals surface area contributed by atoms with Gasteiger partial charge in [0.05, 0.1) is 16.9 Å². The Kier molecular flexibility index (Phi) is 7.28. The van der Waals surface area contributed by atoms with Crippen molar-refractivity contribution in [2.45, 2.75) is 32.6 Å². The van der Waals surface area contributed by atoms with Crippen molar-refractivity contribution in [1.82, 2.24) is 4.57 Å². The quantitative estimate of drug-likeness (QED) is 0.172. The minimum absolute atomic E-state index is 0.242. The van der Waals surface area contributed by atoms with E-state index in [-0.39, 0.29) is 5.41 Å². The Morgan fingerprint density at radius 3 is 2.11 bits per heavy atom. The first-order valence-electron chi connectivity index (χ1n) is 19.9. The summed E-state index contributed by atoms with van der Waals surface area (Å²) in [6, 6.07) is 62.8. The summed E-state index contributed by atoms with van der Waals surface area (Å²) in [5.41, 5.74) is 16.4. The molecular formula is C54H42N2. The smallest absolute Gasteiger partial charge is 0.0543 e. The topological polar surface area (TPSA) is 8.17 Å². The second-order valence-electron chi connectivity index (χ2n) is 16.2. The summed E-state index contributed by atoms with van der Waals surface area (Å²) in [5.74, 6) is 0.491. The van der Waals surface area contributed by atoms with Crippen LogP contribution in [-0.4, -0.2) is 4.57 Å². The maximum atomic E-state index is 2.56. The lowest BCUT2D eigenvalue weighted by Crippen LogP contribution is -2.17. The largest absolute Gasteiger partial charge is 0.310 e. The zero-order chi connectivity index (χ0) is 37.5. The van der Waals surface area contributed by atoms with Gasteiger partial charge in [0.2, 0.25) is 0 Å². The van der Waals surface area contributed by atoms with Crippen LogP contribution in [0.2, 0.25) is 0 Å². The van der Waals surface area contributed by atoms with Crippen molar-refractivity contribution < 1.29 is 0 Å². The van der Waals surface area contributed by atoms with Gasteiger partial charge >= 0.3 is 0 Å². The molecule has 11 rings (SSSR count). The highest BCUT2D eigenvalue weighted by Gasteiger charge is 2.38. The van der Waals surface area contributed by atoms with E-state index in [4.69, 9.17) is 0 Å². The Bertz CT molecular complexity index is 3030. The molecule has 0 saturated carbocycles. The lowest BCUT2D eigenvalue weighted by molar-refractivity contribution is 0.660. The van der Waals surface area contributed by atoms with Crippen LogP contribution in [0.3, 0.4) is 0 Å². The highest BCUT2D eigenvalue weighted by atomic mass is 15.1. The summed E-state index contributed by atoms with van der Waals surface area (Å²) in [6.45, 7) is 7.17. The van der Waals surface area contributed by atoms with Crippen molar-refractivity contribution in [3.8, 4) is 27.9 Å². The Morgan fingerprint density at radius 2 is 1.29 bits per heavy atom. The first kappa shape index (κ1) is 32.8. The molecule has 2 heteroatoms. The van der Waals surface area contributed by atoms with Crippen molar-refractivity contribution in [3.63, 3.8) is 0 Å². The number of hydrogen-bond donors (Lipinski definition) is 0. The fraction of sp³-hybridized carbons (Fsp3) is 0.111. The van der Waals surface area contributed by atoms with Crippen molar-refractivity contribution >= 4 is 55.6 Å². The molecule has 56 heavy (non-hydrogen) atoms. The average Bonchev–Trinajstić information content (AvgIpc) is 3.68. The summed E-state index contributed by atoms with van der Waals surface area (Å²) < 4.78 is 2.56. The molecule has 9 aromatic rings. The number of para-hydroxylation sites is 1. The molecule has 2 nitrogen and oxygen atoms in total. The molecule has 1 atom stereocenters. The molecule has 0 amide bonds. The second kappa shape index (κ2) is 12.4. The van der Waals surface area contributed by atoms with E-state index < -0.39 is 0 Å². The third-order valence-corrected chi connectivity index (χ3v) is 12.5. The van der Waals surface area contributed by atoms with E-state index >= 15 is 0 Å². The molecular weight excluding hydrogens is 677 g/mol. The van der Waals surface area contributed by atoms with E-state index in [0.29, 0.717) is 5.92 Å². The van der Waals surface area contributed by atoms with Crippen LogP contribution in [0.15, 0.2) is 176 Å². The van der Waals surface area contributed by atoms with Crippen LogP contribution in [0.25, 0.3) is 66.5 Å². The summed E-state index contributed by atoms with van der Waals surface area (Å²) in [6.07, 6.45) is 5.80. The zero-order valence-corrected chi connectivity index (χ0v) is 32.0. The molecule has 2 aliphatic rings. The molecule has 0 fully saturated rings. The van der Waals surface area contributed by atoms with E-state index in [9.17, 15) is 0 Å². The average molecular weight is 719 g/mol. The molecule has 0 spiro atoms. The minimum Gasteiger partial charge on any atom is -0.310 e. The maximum Gasteiger partial charge on any atom is 0.0543 e. The molecule has 8 aromatic carbocycles. The van der Waals surface area contributed by atoms with Gasteiger partial charge in [-0.25, -0.2) is 0 Å². The lowest BCUT2D eigenvalue weighted by atomic mass is 9.81. The van der Waals surface area contributed by atoms with E-state index in [1.807, 2.05) is 0 Å². The van der Waals surface area contributed by atoms with Gasteiger partial charge in [0.1, 0.15) is 0 Å². The van der Waals surface area contributed by atoms with Gasteiger partial charge in [-0.2, -0.15) is 0 Å². The van der Waals surface area contributed by atoms with Crippen LogP contribution in [-0.2, 0) is 11.8 Å². The summed E-state index contributed by atoms with van der Waals surface area (Å²) in [4.78, 5) is 2.43. The van der Waals surface area contributed by atoms with E-state index in [2.05, 4.69) is 212 Å². The van der Waals surface area contributed by atoms with E-state index in [1.165, 1.54) is 88.5 Å². The Hall–Kier alpha value is -6.64. The first-order valence-corrected chi connectivity index (χ1v) is 19.9. The number of anilines is 3. The molecule has 2 aliphatic carbocycles. The van der Waals surface area contributed by atoms with Crippen LogP contribution in [0.5, 0.6) is 0 Å². The van der Waals surface area contributed by atoms with Gasteiger partial charge in [0, 0.05) is 38.6 Å². The standard InChI is InChI=1S/C54H42N2/c1-35-25-29-50-45(31-35)46-32-38(36-15-6-4-7-16-36)26-30-51(46)56(50)52-34-48-53(43-23-13-12-22-42(43)52)44-28-27-40(33-47(44)54(48,2)3)55(39-19-8-5-9-20-39)49-24-14-18-37-17-10-11-21-41(37)49/h4-30,32-35H,31H2,1-3H3. The number of aromatic nitrogens is 1. The van der Waals surface area contributed by atoms with Gasteiger partial charge < -0.3 is 9.47 Å². The van der Waals surface area contributed by atoms with E-state index in [1.54, 1.807) is 0 Å². The molecule has 0 N–H and O–H groups in total. The number of fused-ring (bicyclic) bond motifs is 9. The van der Waals surface area contributed by atoms with Gasteiger partial charge in [0.15, 0.2) is 0 Å². The zero-order valence-electron chi connectivity index (χ0n) is 32.0. The third kappa shape index (κ3) is 4.88. The molecule has 268 valence electrons. The molecule has 1 heterocycles. The van der Waals surface area contributed by atoms with Crippen LogP contribution in [0, 0.1) is 5.92 Å². The predicted molar refractivity (Wildman–Crippen MR) is 238 cm³/mol. The van der Waals surface area contributed by atoms with Crippen LogP contribution < -0.4 is 4.90 Å². The molecule has 0 bridgehead atoms. The Labute approximate surface area is 328 Å². The summed E-state index contributed by atoms with van der Waals surface area (Å²) >= 11 is 0. The van der Waals surface area contributed by atoms with Crippen molar-refractivity contribution in [1.29, 1.82) is 0 Å². The maximum absolute atomic E-state index is 2.56.